The summed E-state index contributed by atoms with van der Waals surface area (Å²) in [6.45, 7) is 15.9. The number of nitrogens with one attached hydrogen (secondary N) is 5. The summed E-state index contributed by atoms with van der Waals surface area (Å²) in [6, 6.07) is 27.4. The predicted octanol–water partition coefficient (Wildman–Crippen LogP) is 6.77. The summed E-state index contributed by atoms with van der Waals surface area (Å²) in [7, 11) is 0. The van der Waals surface area contributed by atoms with E-state index in [0.29, 0.717) is 135 Å². The molecule has 3 aromatic rings. The van der Waals surface area contributed by atoms with E-state index >= 15 is 0 Å². The predicted molar refractivity (Wildman–Crippen MR) is 461 cm³/mol. The lowest BCUT2D eigenvalue weighted by atomic mass is 9.75. The summed E-state index contributed by atoms with van der Waals surface area (Å²) in [5.74, 6) is -8.25. The van der Waals surface area contributed by atoms with Gasteiger partial charge in [-0.1, -0.05) is 130 Å². The first-order valence-electron chi connectivity index (χ1n) is 44.5. The Balaban J connectivity index is 1.11. The lowest BCUT2D eigenvalue weighted by Gasteiger charge is -2.46. The second-order valence-corrected chi connectivity index (χ2v) is 32.1. The molecule has 3 saturated heterocycles. The smallest absolute Gasteiger partial charge is 0.303 e. The average molecular weight is 1820 g/mol. The fourth-order valence-electron chi connectivity index (χ4n) is 15.9. The Hall–Kier alpha value is -10.6. The molecule has 0 saturated carbocycles. The molecular weight excluding hydrogens is 1680 g/mol. The molecule has 0 bridgehead atoms. The SMILES string of the molecule is CC(=O)NC1C(OC(C)=O)[C@@H](OC(C)=O)C(COC(C)=O)O[C@H]1OCCCCCCC(=O)NCCCN(CCCCN(CCCNC(=O)CCCCCCO[C@@H]1OC(COC(C)=O)[C@H](OC(C)=O)C(OC(C)=O)C1NC(C)=O)C(c1ccccc1)(c1ccccc1)c1ccccc1)C(=O)CCCCCCO[C@@H]1OC(COC(C)=O)[C@H](OC(C)=O)C(OC(C)=O)[C@@H]1NC(C)=O. The number of hydrogen-bond acceptors (Lipinski definition) is 31. The molecule has 3 aromatic carbocycles. The van der Waals surface area contributed by atoms with Gasteiger partial charge in [-0.15, -0.1) is 0 Å². The summed E-state index contributed by atoms with van der Waals surface area (Å²) < 4.78 is 85.8. The van der Waals surface area contributed by atoms with Crippen molar-refractivity contribution >= 4 is 89.2 Å². The third-order valence-corrected chi connectivity index (χ3v) is 21.3. The van der Waals surface area contributed by atoms with Gasteiger partial charge in [0.25, 0.3) is 0 Å². The number of hydrogen-bond donors (Lipinski definition) is 5. The van der Waals surface area contributed by atoms with E-state index in [2.05, 4.69) is 67.9 Å². The van der Waals surface area contributed by atoms with E-state index in [9.17, 15) is 71.9 Å². The van der Waals surface area contributed by atoms with Crippen molar-refractivity contribution in [1.29, 1.82) is 0 Å². The molecule has 716 valence electrons. The van der Waals surface area contributed by atoms with Gasteiger partial charge in [0.15, 0.2) is 55.5 Å². The number of ether oxygens (including phenoxy) is 15. The molecule has 3 aliphatic heterocycles. The van der Waals surface area contributed by atoms with E-state index < -0.39 is 176 Å². The maximum atomic E-state index is 14.7. The van der Waals surface area contributed by atoms with Crippen LogP contribution < -0.4 is 26.6 Å². The van der Waals surface area contributed by atoms with Gasteiger partial charge in [0.05, 0.1) is 5.54 Å². The second-order valence-electron chi connectivity index (χ2n) is 32.1. The van der Waals surface area contributed by atoms with Gasteiger partial charge in [-0.3, -0.25) is 76.8 Å². The zero-order valence-electron chi connectivity index (χ0n) is 76.4. The first-order chi connectivity index (χ1) is 61.7. The van der Waals surface area contributed by atoms with E-state index in [-0.39, 0.29) is 76.6 Å². The first-order valence-corrected chi connectivity index (χ1v) is 44.5. The van der Waals surface area contributed by atoms with Gasteiger partial charge in [-0.2, -0.15) is 0 Å². The number of nitrogens with zero attached hydrogens (tertiary/aromatic N) is 2. The molecule has 0 radical (unpaired) electrons. The second kappa shape index (κ2) is 57.5. The normalized spacial score (nSPS) is 21.8. The van der Waals surface area contributed by atoms with Gasteiger partial charge < -0.3 is 103 Å². The number of amides is 6. The van der Waals surface area contributed by atoms with Crippen LogP contribution in [-0.4, -0.2) is 270 Å². The minimum atomic E-state index is -1.29. The number of benzene rings is 3. The van der Waals surface area contributed by atoms with Gasteiger partial charge in [0.2, 0.25) is 35.4 Å². The Bertz CT molecular complexity index is 3960. The molecule has 0 aromatic heterocycles. The molecule has 15 atom stereocenters. The van der Waals surface area contributed by atoms with Gasteiger partial charge in [-0.25, -0.2) is 0 Å². The van der Waals surface area contributed by atoms with Crippen LogP contribution in [0.5, 0.6) is 0 Å². The molecule has 3 aliphatic rings. The minimum Gasteiger partial charge on any atom is -0.463 e. The van der Waals surface area contributed by atoms with Crippen molar-refractivity contribution in [2.24, 2.45) is 0 Å². The maximum Gasteiger partial charge on any atom is 0.303 e. The fourth-order valence-corrected chi connectivity index (χ4v) is 15.9. The summed E-state index contributed by atoms with van der Waals surface area (Å²) in [4.78, 5) is 193. The van der Waals surface area contributed by atoms with Crippen LogP contribution in [0.4, 0.5) is 0 Å². The number of unbranched alkanes of at least 4 members (excludes halogenated alkanes) is 10. The molecule has 37 nitrogen and oxygen atoms in total. The van der Waals surface area contributed by atoms with Crippen LogP contribution in [-0.2, 0) is 149 Å². The Morgan fingerprint density at radius 3 is 0.884 bits per heavy atom. The maximum absolute atomic E-state index is 14.7. The summed E-state index contributed by atoms with van der Waals surface area (Å²) in [5.41, 5.74) is 2.22. The topological polar surface area (TPSA) is 461 Å². The standard InChI is InChI=1S/C92H133N7O30/c1-59(100)95-80-86(124-68(10)109)83(121-65(7)106)74(56-118-62(4)103)127-89(80)115-53-33-16-13-28-44-77(112)93-47-36-50-98(79(114)46-30-15-18-35-55-117-91-82(97-61(3)102)88(126-70(12)111)85(123-67(9)108)76(129-91)58-120-64(6)105)49-31-32-51-99(92(71-38-22-19-23-39-71,72-40-24-20-25-41-72)73-42-26-21-27-43-73)52-37-48-94-78(113)45-29-14-17-34-54-116-90-81(96-60(2)101)87(125-69(11)110)84(122-66(8)107)75(128-90)57-119-63(5)104/h19-27,38-43,74-76,80-91H,13-18,28-37,44-58H2,1-12H3,(H,93,112)(H,94,113)(H,95,100)(H,96,101)(H,97,102)/t74?,75?,76?,80?,81?,82-,83-,84-,85-,86?,87?,88?,89+,90+,91+/m0/s1. The van der Waals surface area contributed by atoms with Crippen molar-refractivity contribution in [3.8, 4) is 0 Å². The van der Waals surface area contributed by atoms with Gasteiger partial charge in [-0.05, 0) is 87.4 Å². The van der Waals surface area contributed by atoms with Crippen molar-refractivity contribution < 1.29 is 143 Å². The zero-order chi connectivity index (χ0) is 94.4. The van der Waals surface area contributed by atoms with E-state index in [1.54, 1.807) is 0 Å². The number of carbonyl (C=O) groups is 15. The highest BCUT2D eigenvalue weighted by Crippen LogP contribution is 2.43. The molecule has 129 heavy (non-hydrogen) atoms. The van der Waals surface area contributed by atoms with E-state index in [4.69, 9.17) is 71.1 Å². The van der Waals surface area contributed by atoms with E-state index in [1.165, 1.54) is 41.5 Å². The first kappa shape index (κ1) is 107. The van der Waals surface area contributed by atoms with Gasteiger partial charge in [0.1, 0.15) is 56.3 Å². The van der Waals surface area contributed by atoms with Crippen molar-refractivity contribution in [3.05, 3.63) is 108 Å². The minimum absolute atomic E-state index is 0.0784. The van der Waals surface area contributed by atoms with E-state index in [0.717, 1.165) is 58.2 Å². The third kappa shape index (κ3) is 37.8. The molecule has 3 fully saturated rings. The largest absolute Gasteiger partial charge is 0.463 e. The van der Waals surface area contributed by atoms with Crippen molar-refractivity contribution in [3.63, 3.8) is 0 Å². The molecule has 5 N–H and O–H groups in total. The van der Waals surface area contributed by atoms with Crippen molar-refractivity contribution in [2.45, 2.75) is 303 Å². The number of carbonyl (C=O) groups excluding carboxylic acids is 15. The summed E-state index contributed by atoms with van der Waals surface area (Å²) in [6.07, 6.45) is -4.90. The highest BCUT2D eigenvalue weighted by atomic mass is 16.7. The highest BCUT2D eigenvalue weighted by Gasteiger charge is 2.55. The molecule has 3 heterocycles. The molecule has 8 unspecified atom stereocenters. The van der Waals surface area contributed by atoms with Crippen LogP contribution in [0.2, 0.25) is 0 Å². The molecular formula is C92H133N7O30. The van der Waals surface area contributed by atoms with Gasteiger partial charge in [0, 0.05) is 155 Å². The lowest BCUT2D eigenvalue weighted by Crippen LogP contribution is -2.66. The zero-order valence-corrected chi connectivity index (χ0v) is 76.4. The summed E-state index contributed by atoms with van der Waals surface area (Å²) in [5, 5.41) is 14.3. The number of esters is 9. The van der Waals surface area contributed by atoms with Crippen LogP contribution in [0.1, 0.15) is 222 Å². The molecule has 37 heteroatoms. The quantitative estimate of drug-likeness (QED) is 0.0168. The Morgan fingerprint density at radius 1 is 0.310 bits per heavy atom. The van der Waals surface area contributed by atoms with Gasteiger partial charge >= 0.3 is 53.7 Å². The van der Waals surface area contributed by atoms with Crippen molar-refractivity contribution in [2.75, 3.05) is 78.9 Å². The molecule has 6 rings (SSSR count). The van der Waals surface area contributed by atoms with Crippen LogP contribution in [0.15, 0.2) is 91.0 Å². The molecule has 6 amide bonds. The Morgan fingerprint density at radius 2 is 0.581 bits per heavy atom. The van der Waals surface area contributed by atoms with Crippen LogP contribution in [0, 0.1) is 0 Å². The molecule has 0 aliphatic carbocycles. The lowest BCUT2D eigenvalue weighted by molar-refractivity contribution is -0.277. The van der Waals surface area contributed by atoms with Crippen molar-refractivity contribution in [1.82, 2.24) is 36.4 Å². The Kier molecular flexibility index (Phi) is 47.8. The summed E-state index contributed by atoms with van der Waals surface area (Å²) >= 11 is 0. The fraction of sp³-hybridized carbons (Fsp3) is 0.641. The van der Waals surface area contributed by atoms with Crippen LogP contribution in [0.25, 0.3) is 0 Å². The average Bonchev–Trinajstić information content (AvgIpc) is 0.735. The number of rotatable bonds is 56. The highest BCUT2D eigenvalue weighted by molar-refractivity contribution is 5.78. The van der Waals surface area contributed by atoms with Crippen LogP contribution in [0.3, 0.4) is 0 Å². The van der Waals surface area contributed by atoms with Crippen LogP contribution >= 0.6 is 0 Å². The monoisotopic (exact) mass is 1820 g/mol. The van der Waals surface area contributed by atoms with E-state index in [1.807, 2.05) is 59.5 Å². The third-order valence-electron chi connectivity index (χ3n) is 21.3. The molecule has 0 spiro atoms. The Labute approximate surface area is 754 Å².